The highest BCUT2D eigenvalue weighted by Gasteiger charge is 1.99. The van der Waals surface area contributed by atoms with E-state index in [2.05, 4.69) is 6.08 Å². The van der Waals surface area contributed by atoms with Gasteiger partial charge < -0.3 is 4.42 Å². The number of hydrogen-bond donors (Lipinski definition) is 0. The van der Waals surface area contributed by atoms with Crippen LogP contribution in [-0.4, -0.2) is 0 Å². The molecule has 0 spiro atoms. The molecule has 1 heteroatoms. The molecule has 0 saturated heterocycles. The maximum Gasteiger partial charge on any atom is 0.136 e. The van der Waals surface area contributed by atoms with Crippen molar-refractivity contribution in [2.45, 2.75) is 0 Å². The zero-order valence-electron chi connectivity index (χ0n) is 9.26. The highest BCUT2D eigenvalue weighted by Crippen LogP contribution is 2.19. The molecule has 1 aromatic heterocycles. The Morgan fingerprint density at radius 1 is 0.882 bits per heavy atom. The minimum Gasteiger partial charge on any atom is -0.456 e. The first kappa shape index (κ1) is 9.91. The molecular formula is C16H11O. The Bertz CT molecular complexity index is 614. The van der Waals surface area contributed by atoms with E-state index in [0.29, 0.717) is 0 Å². The second-order valence-electron chi connectivity index (χ2n) is 3.85. The van der Waals surface area contributed by atoms with E-state index < -0.39 is 0 Å². The summed E-state index contributed by atoms with van der Waals surface area (Å²) in [5.41, 5.74) is 2.02. The van der Waals surface area contributed by atoms with Gasteiger partial charge in [0.05, 0.1) is 0 Å². The topological polar surface area (TPSA) is 13.1 Å². The van der Waals surface area contributed by atoms with E-state index in [1.54, 1.807) is 0 Å². The molecule has 1 heterocycles. The molecule has 0 aliphatic rings. The van der Waals surface area contributed by atoms with Gasteiger partial charge in [-0.2, -0.15) is 0 Å². The van der Waals surface area contributed by atoms with Crippen LogP contribution >= 0.6 is 0 Å². The number of fused-ring (bicyclic) bond motifs is 1. The molecule has 3 aromatic rings. The van der Waals surface area contributed by atoms with Gasteiger partial charge in [-0.1, -0.05) is 48.5 Å². The third-order valence-corrected chi connectivity index (χ3v) is 2.61. The molecule has 81 valence electrons. The third-order valence-electron chi connectivity index (χ3n) is 2.61. The molecule has 17 heavy (non-hydrogen) atoms. The Kier molecular flexibility index (Phi) is 2.51. The molecule has 0 aliphatic heterocycles. The summed E-state index contributed by atoms with van der Waals surface area (Å²) in [7, 11) is 0. The first-order valence-electron chi connectivity index (χ1n) is 5.55. The molecule has 1 radical (unpaired) electrons. The lowest BCUT2D eigenvalue weighted by atomic mass is 10.2. The van der Waals surface area contributed by atoms with Crippen LogP contribution in [0.15, 0.2) is 65.1 Å². The first-order valence-corrected chi connectivity index (χ1v) is 5.55. The van der Waals surface area contributed by atoms with Crippen molar-refractivity contribution in [3.63, 3.8) is 0 Å². The number of rotatable bonds is 2. The molecule has 0 atom stereocenters. The van der Waals surface area contributed by atoms with Gasteiger partial charge in [-0.3, -0.25) is 0 Å². The fourth-order valence-electron chi connectivity index (χ4n) is 1.76. The van der Waals surface area contributed by atoms with Crippen LogP contribution < -0.4 is 0 Å². The Hall–Kier alpha value is -2.28. The van der Waals surface area contributed by atoms with Crippen molar-refractivity contribution in [2.24, 2.45) is 0 Å². The highest BCUT2D eigenvalue weighted by molar-refractivity contribution is 5.78. The highest BCUT2D eigenvalue weighted by atomic mass is 16.3. The zero-order valence-corrected chi connectivity index (χ0v) is 9.26. The van der Waals surface area contributed by atoms with Gasteiger partial charge in [-0.15, -0.1) is 0 Å². The lowest BCUT2D eigenvalue weighted by molar-refractivity contribution is 0.593. The second-order valence-corrected chi connectivity index (χ2v) is 3.85. The predicted molar refractivity (Wildman–Crippen MR) is 69.5 cm³/mol. The third kappa shape index (κ3) is 2.13. The monoisotopic (exact) mass is 219 g/mol. The van der Waals surface area contributed by atoms with Gasteiger partial charge in [-0.05, 0) is 23.8 Å². The average molecular weight is 219 g/mol. The first-order chi connectivity index (χ1) is 8.42. The maximum atomic E-state index is 5.65. The number of furan rings is 1. The smallest absolute Gasteiger partial charge is 0.136 e. The molecule has 0 bridgehead atoms. The van der Waals surface area contributed by atoms with Gasteiger partial charge in [0.15, 0.2) is 0 Å². The van der Waals surface area contributed by atoms with Crippen molar-refractivity contribution in [1.82, 2.24) is 0 Å². The van der Waals surface area contributed by atoms with E-state index in [4.69, 9.17) is 4.42 Å². The Morgan fingerprint density at radius 3 is 2.47 bits per heavy atom. The number of hydrogen-bond acceptors (Lipinski definition) is 1. The quantitative estimate of drug-likeness (QED) is 0.626. The second kappa shape index (κ2) is 4.30. The fraction of sp³-hybridized carbons (Fsp3) is 0. The van der Waals surface area contributed by atoms with Gasteiger partial charge in [0.25, 0.3) is 0 Å². The van der Waals surface area contributed by atoms with Crippen LogP contribution in [0.1, 0.15) is 11.3 Å². The summed E-state index contributed by atoms with van der Waals surface area (Å²) >= 11 is 0. The normalized spacial score (nSPS) is 11.3. The van der Waals surface area contributed by atoms with Gasteiger partial charge in [-0.25, -0.2) is 0 Å². The summed E-state index contributed by atoms with van der Waals surface area (Å²) in [5.74, 6) is 0.759. The number of benzene rings is 2. The largest absolute Gasteiger partial charge is 0.456 e. The minimum atomic E-state index is 0.759. The van der Waals surface area contributed by atoms with E-state index >= 15 is 0 Å². The molecule has 0 saturated carbocycles. The van der Waals surface area contributed by atoms with Gasteiger partial charge in [0.1, 0.15) is 11.3 Å². The van der Waals surface area contributed by atoms with Crippen LogP contribution in [0.4, 0.5) is 0 Å². The lowest BCUT2D eigenvalue weighted by Crippen LogP contribution is -1.69. The van der Waals surface area contributed by atoms with Crippen LogP contribution in [0, 0.1) is 6.08 Å². The minimum absolute atomic E-state index is 0.759. The summed E-state index contributed by atoms with van der Waals surface area (Å²) in [6.45, 7) is 0. The Balaban J connectivity index is 1.92. The predicted octanol–water partition coefficient (Wildman–Crippen LogP) is 4.30. The molecule has 1 nitrogen and oxygen atoms in total. The molecule has 0 unspecified atom stereocenters. The molecule has 2 aromatic carbocycles. The summed E-state index contributed by atoms with van der Waals surface area (Å²) in [4.78, 5) is 0. The maximum absolute atomic E-state index is 5.65. The molecule has 0 aliphatic carbocycles. The van der Waals surface area contributed by atoms with Crippen molar-refractivity contribution >= 4 is 17.0 Å². The zero-order chi connectivity index (χ0) is 11.5. The van der Waals surface area contributed by atoms with Gasteiger partial charge in [0.2, 0.25) is 0 Å². The van der Waals surface area contributed by atoms with Crippen LogP contribution in [0.25, 0.3) is 17.0 Å². The van der Waals surface area contributed by atoms with E-state index in [1.807, 2.05) is 66.7 Å². The fourth-order valence-corrected chi connectivity index (χ4v) is 1.76. The molecule has 0 N–H and O–H groups in total. The Morgan fingerprint density at radius 2 is 1.65 bits per heavy atom. The van der Waals surface area contributed by atoms with Crippen LogP contribution in [0.2, 0.25) is 0 Å². The summed E-state index contributed by atoms with van der Waals surface area (Å²) in [6, 6.07) is 20.0. The van der Waals surface area contributed by atoms with Crippen LogP contribution in [0.5, 0.6) is 0 Å². The van der Waals surface area contributed by atoms with E-state index in [-0.39, 0.29) is 0 Å². The SMILES string of the molecule is [C](=Cc1ccccc1)c1cc2ccccc2o1. The molecule has 0 amide bonds. The van der Waals surface area contributed by atoms with E-state index in [1.165, 1.54) is 0 Å². The van der Waals surface area contributed by atoms with E-state index in [0.717, 1.165) is 22.3 Å². The van der Waals surface area contributed by atoms with Crippen LogP contribution in [-0.2, 0) is 0 Å². The van der Waals surface area contributed by atoms with Crippen LogP contribution in [0.3, 0.4) is 0 Å². The molecular weight excluding hydrogens is 208 g/mol. The standard InChI is InChI=1S/C16H11O/c1-2-6-13(7-3-1)10-11-15-12-14-8-4-5-9-16(14)17-15/h1-10,12H. The summed E-state index contributed by atoms with van der Waals surface area (Å²) in [6.07, 6.45) is 5.09. The van der Waals surface area contributed by atoms with Crippen molar-refractivity contribution in [3.05, 3.63) is 78.1 Å². The van der Waals surface area contributed by atoms with E-state index in [9.17, 15) is 0 Å². The lowest BCUT2D eigenvalue weighted by Gasteiger charge is -1.89. The Labute approximate surface area is 100 Å². The number of para-hydroxylation sites is 1. The van der Waals surface area contributed by atoms with Crippen molar-refractivity contribution < 1.29 is 4.42 Å². The summed E-state index contributed by atoms with van der Waals surface area (Å²) < 4.78 is 5.65. The van der Waals surface area contributed by atoms with Crippen molar-refractivity contribution in [1.29, 1.82) is 0 Å². The molecule has 3 rings (SSSR count). The van der Waals surface area contributed by atoms with Crippen molar-refractivity contribution in [2.75, 3.05) is 0 Å². The van der Waals surface area contributed by atoms with Gasteiger partial charge >= 0.3 is 0 Å². The van der Waals surface area contributed by atoms with Crippen molar-refractivity contribution in [3.8, 4) is 0 Å². The van der Waals surface area contributed by atoms with Gasteiger partial charge in [0, 0.05) is 11.5 Å². The molecule has 0 fully saturated rings. The average Bonchev–Trinajstić information content (AvgIpc) is 2.80. The summed E-state index contributed by atoms with van der Waals surface area (Å²) in [5, 5.41) is 1.11.